The average Bonchev–Trinajstić information content (AvgIpc) is 2.75. The van der Waals surface area contributed by atoms with Crippen molar-refractivity contribution < 1.29 is 4.74 Å². The molecule has 2 rings (SSSR count). The van der Waals surface area contributed by atoms with Gasteiger partial charge in [-0.25, -0.2) is 4.68 Å². The van der Waals surface area contributed by atoms with E-state index in [1.165, 1.54) is 0 Å². The molecule has 1 atom stereocenters. The number of anilines is 1. The number of para-hydroxylation sites is 1. The van der Waals surface area contributed by atoms with Gasteiger partial charge in [0.25, 0.3) is 0 Å². The first-order valence-electron chi connectivity index (χ1n) is 6.32. The number of hydrogen-bond acceptors (Lipinski definition) is 5. The number of ether oxygens (including phenoxy) is 1. The smallest absolute Gasteiger partial charge is 0.243 e. The van der Waals surface area contributed by atoms with Gasteiger partial charge in [0, 0.05) is 12.6 Å². The van der Waals surface area contributed by atoms with Crippen molar-refractivity contribution in [2.45, 2.75) is 32.9 Å². The second-order valence-electron chi connectivity index (χ2n) is 4.70. The largest absolute Gasteiger partial charge is 0.491 e. The van der Waals surface area contributed by atoms with Crippen LogP contribution >= 0.6 is 0 Å². The molecule has 1 N–H and O–H groups in total. The van der Waals surface area contributed by atoms with Gasteiger partial charge < -0.3 is 10.1 Å². The Balaban J connectivity index is 2.19. The van der Waals surface area contributed by atoms with Crippen LogP contribution in [0.5, 0.6) is 5.75 Å². The third-order valence-corrected chi connectivity index (χ3v) is 2.71. The molecule has 6 heteroatoms. The van der Waals surface area contributed by atoms with Crippen molar-refractivity contribution in [3.05, 3.63) is 29.8 Å². The second kappa shape index (κ2) is 5.69. The summed E-state index contributed by atoms with van der Waals surface area (Å²) in [5.74, 6) is 1.51. The van der Waals surface area contributed by atoms with E-state index in [9.17, 15) is 0 Å². The summed E-state index contributed by atoms with van der Waals surface area (Å²) < 4.78 is 7.42. The standard InChI is InChI=1S/C13H19N5O/c1-9(2)19-12-8-6-5-7-11(12)10(3)14-13-15-16-17-18(13)4/h5-10H,1-4H3,(H,14,15,17)/t10-/m1/s1. The molecule has 0 saturated carbocycles. The van der Waals surface area contributed by atoms with Crippen molar-refractivity contribution >= 4 is 5.95 Å². The van der Waals surface area contributed by atoms with E-state index in [2.05, 4.69) is 27.8 Å². The minimum atomic E-state index is 0.0552. The SMILES string of the molecule is CC(C)Oc1ccccc1[C@@H](C)Nc1nnnn1C. The lowest BCUT2D eigenvalue weighted by atomic mass is 10.1. The molecular formula is C13H19N5O. The zero-order valence-electron chi connectivity index (χ0n) is 11.7. The lowest BCUT2D eigenvalue weighted by molar-refractivity contribution is 0.239. The van der Waals surface area contributed by atoms with Crippen LogP contribution in [0.3, 0.4) is 0 Å². The number of aromatic nitrogens is 4. The Hall–Kier alpha value is -2.11. The Labute approximate surface area is 112 Å². The maximum Gasteiger partial charge on any atom is 0.243 e. The van der Waals surface area contributed by atoms with E-state index >= 15 is 0 Å². The topological polar surface area (TPSA) is 64.9 Å². The molecule has 1 aromatic carbocycles. The van der Waals surface area contributed by atoms with Crippen molar-refractivity contribution in [3.63, 3.8) is 0 Å². The summed E-state index contributed by atoms with van der Waals surface area (Å²) in [6, 6.07) is 8.04. The van der Waals surface area contributed by atoms with E-state index in [-0.39, 0.29) is 12.1 Å². The third kappa shape index (κ3) is 3.21. The summed E-state index contributed by atoms with van der Waals surface area (Å²) in [5.41, 5.74) is 1.08. The van der Waals surface area contributed by atoms with Gasteiger partial charge in [-0.15, -0.1) is 0 Å². The predicted molar refractivity (Wildman–Crippen MR) is 73.0 cm³/mol. The molecule has 1 heterocycles. The highest BCUT2D eigenvalue weighted by Crippen LogP contribution is 2.27. The van der Waals surface area contributed by atoms with E-state index < -0.39 is 0 Å². The van der Waals surface area contributed by atoms with Gasteiger partial charge in [-0.3, -0.25) is 0 Å². The molecule has 0 aliphatic rings. The van der Waals surface area contributed by atoms with Gasteiger partial charge in [0.15, 0.2) is 0 Å². The number of nitrogens with zero attached hydrogens (tertiary/aromatic N) is 4. The normalized spacial score (nSPS) is 12.5. The summed E-state index contributed by atoms with van der Waals surface area (Å²) in [5, 5.41) is 14.6. The Morgan fingerprint density at radius 2 is 1.95 bits per heavy atom. The quantitative estimate of drug-likeness (QED) is 0.893. The Kier molecular flexibility index (Phi) is 3.99. The Bertz CT molecular complexity index is 537. The summed E-state index contributed by atoms with van der Waals surface area (Å²) >= 11 is 0. The van der Waals surface area contributed by atoms with Crippen LogP contribution < -0.4 is 10.1 Å². The maximum atomic E-state index is 5.82. The molecule has 0 aliphatic carbocycles. The van der Waals surface area contributed by atoms with Gasteiger partial charge in [0.05, 0.1) is 12.1 Å². The fourth-order valence-corrected chi connectivity index (χ4v) is 1.82. The maximum absolute atomic E-state index is 5.82. The van der Waals surface area contributed by atoms with Crippen LogP contribution in [0.1, 0.15) is 32.4 Å². The van der Waals surface area contributed by atoms with Crippen molar-refractivity contribution in [1.29, 1.82) is 0 Å². The van der Waals surface area contributed by atoms with E-state index in [1.54, 1.807) is 11.7 Å². The number of benzene rings is 1. The lowest BCUT2D eigenvalue weighted by Crippen LogP contribution is -2.14. The second-order valence-corrected chi connectivity index (χ2v) is 4.70. The first kappa shape index (κ1) is 13.3. The Morgan fingerprint density at radius 3 is 2.58 bits per heavy atom. The van der Waals surface area contributed by atoms with E-state index in [1.807, 2.05) is 38.1 Å². The summed E-state index contributed by atoms with van der Waals surface area (Å²) in [6.45, 7) is 6.08. The molecular weight excluding hydrogens is 242 g/mol. The first-order chi connectivity index (χ1) is 9.08. The lowest BCUT2D eigenvalue weighted by Gasteiger charge is -2.19. The highest BCUT2D eigenvalue weighted by Gasteiger charge is 2.14. The fraction of sp³-hybridized carbons (Fsp3) is 0.462. The molecule has 0 aliphatic heterocycles. The van der Waals surface area contributed by atoms with Crippen molar-refractivity contribution in [2.75, 3.05) is 5.32 Å². The van der Waals surface area contributed by atoms with Crippen LogP contribution in [0.4, 0.5) is 5.95 Å². The summed E-state index contributed by atoms with van der Waals surface area (Å²) in [6.07, 6.45) is 0.143. The highest BCUT2D eigenvalue weighted by atomic mass is 16.5. The van der Waals surface area contributed by atoms with Gasteiger partial charge in [0.2, 0.25) is 5.95 Å². The fourth-order valence-electron chi connectivity index (χ4n) is 1.82. The van der Waals surface area contributed by atoms with Crippen LogP contribution in [0.2, 0.25) is 0 Å². The number of rotatable bonds is 5. The minimum absolute atomic E-state index is 0.0552. The predicted octanol–water partition coefficient (Wildman–Crippen LogP) is 2.17. The molecule has 0 fully saturated rings. The van der Waals surface area contributed by atoms with Gasteiger partial charge in [0.1, 0.15) is 5.75 Å². The van der Waals surface area contributed by atoms with Crippen LogP contribution in [0, 0.1) is 0 Å². The number of nitrogens with one attached hydrogen (secondary N) is 1. The number of hydrogen-bond donors (Lipinski definition) is 1. The Morgan fingerprint density at radius 1 is 1.21 bits per heavy atom. The van der Waals surface area contributed by atoms with E-state index in [4.69, 9.17) is 4.74 Å². The van der Waals surface area contributed by atoms with Crippen LogP contribution in [0.15, 0.2) is 24.3 Å². The molecule has 1 aromatic heterocycles. The zero-order valence-corrected chi connectivity index (χ0v) is 11.7. The van der Waals surface area contributed by atoms with Gasteiger partial charge in [-0.2, -0.15) is 0 Å². The molecule has 102 valence electrons. The third-order valence-electron chi connectivity index (χ3n) is 2.71. The van der Waals surface area contributed by atoms with Crippen LogP contribution in [-0.4, -0.2) is 26.3 Å². The minimum Gasteiger partial charge on any atom is -0.491 e. The zero-order chi connectivity index (χ0) is 13.8. The summed E-state index contributed by atoms with van der Waals surface area (Å²) in [7, 11) is 1.80. The van der Waals surface area contributed by atoms with Gasteiger partial charge >= 0.3 is 0 Å². The van der Waals surface area contributed by atoms with Crippen molar-refractivity contribution in [1.82, 2.24) is 20.2 Å². The van der Waals surface area contributed by atoms with Crippen molar-refractivity contribution in [2.24, 2.45) is 7.05 Å². The molecule has 0 spiro atoms. The molecule has 19 heavy (non-hydrogen) atoms. The van der Waals surface area contributed by atoms with E-state index in [0.717, 1.165) is 11.3 Å². The van der Waals surface area contributed by atoms with Crippen molar-refractivity contribution in [3.8, 4) is 5.75 Å². The first-order valence-corrected chi connectivity index (χ1v) is 6.32. The van der Waals surface area contributed by atoms with E-state index in [0.29, 0.717) is 5.95 Å². The molecule has 6 nitrogen and oxygen atoms in total. The van der Waals surface area contributed by atoms with Gasteiger partial charge in [-0.05, 0) is 37.3 Å². The molecule has 0 amide bonds. The van der Waals surface area contributed by atoms with Crippen LogP contribution in [-0.2, 0) is 7.05 Å². The average molecular weight is 261 g/mol. The molecule has 0 unspecified atom stereocenters. The monoisotopic (exact) mass is 261 g/mol. The molecule has 0 saturated heterocycles. The molecule has 2 aromatic rings. The highest BCUT2D eigenvalue weighted by molar-refractivity contribution is 5.40. The van der Waals surface area contributed by atoms with Crippen LogP contribution in [0.25, 0.3) is 0 Å². The summed E-state index contributed by atoms with van der Waals surface area (Å²) in [4.78, 5) is 0. The number of tetrazole rings is 1. The number of aryl methyl sites for hydroxylation is 1. The van der Waals surface area contributed by atoms with Gasteiger partial charge in [-0.1, -0.05) is 23.3 Å². The molecule has 0 radical (unpaired) electrons. The molecule has 0 bridgehead atoms.